The Morgan fingerprint density at radius 2 is 1.97 bits per heavy atom. The number of nitrogens with zero attached hydrogens (tertiary/aromatic N) is 1. The normalized spacial score (nSPS) is 26.5. The Bertz CT molecular complexity index is 1120. The molecule has 4 aliphatic rings. The van der Waals surface area contributed by atoms with Crippen molar-refractivity contribution < 1.29 is 24.0 Å². The van der Waals surface area contributed by atoms with Gasteiger partial charge < -0.3 is 16.4 Å². The monoisotopic (exact) mass is 436 g/mol. The molecule has 2 unspecified atom stereocenters. The standard InChI is InChI=1S/C23H24N4O5/c1-11(12-2-3-12)19(20(24)30)27-21(31)23(26-22(27)32)7-6-14-8-13(4-5-16(14)23)15-10-25-18(29)9-17(15)28/h4-5,8,10-12,19H,2-3,6-7,9H2,1H3,(H2,24,30)(H,25,29)(H,26,32)/t11-,19?,23?/m0/s1. The van der Waals surface area contributed by atoms with Gasteiger partial charge >= 0.3 is 6.03 Å². The molecule has 9 heteroatoms. The van der Waals surface area contributed by atoms with Crippen LogP contribution in [0.3, 0.4) is 0 Å². The van der Waals surface area contributed by atoms with Gasteiger partial charge in [-0.25, -0.2) is 9.69 Å². The molecule has 1 aromatic carbocycles. The van der Waals surface area contributed by atoms with E-state index in [1.54, 1.807) is 12.1 Å². The number of ketones is 1. The number of Topliss-reactive ketones (excluding diaryl/α,β-unsaturated/α-hetero) is 1. The van der Waals surface area contributed by atoms with E-state index in [1.807, 2.05) is 13.0 Å². The molecule has 5 rings (SSSR count). The number of fused-ring (bicyclic) bond motifs is 2. The molecule has 0 bridgehead atoms. The Labute approximate surface area is 184 Å². The van der Waals surface area contributed by atoms with E-state index in [0.29, 0.717) is 29.5 Å². The summed E-state index contributed by atoms with van der Waals surface area (Å²) < 4.78 is 0. The summed E-state index contributed by atoms with van der Waals surface area (Å²) in [6.07, 6.45) is 4.00. The number of carbonyl (C=O) groups excluding carboxylic acids is 5. The molecule has 1 aromatic rings. The minimum Gasteiger partial charge on any atom is -0.368 e. The summed E-state index contributed by atoms with van der Waals surface area (Å²) in [5.74, 6) is -1.65. The first-order valence-electron chi connectivity index (χ1n) is 10.8. The quantitative estimate of drug-likeness (QED) is 0.461. The molecule has 2 heterocycles. The number of hydrogen-bond donors (Lipinski definition) is 3. The van der Waals surface area contributed by atoms with E-state index in [4.69, 9.17) is 5.73 Å². The molecule has 1 saturated carbocycles. The van der Waals surface area contributed by atoms with Crippen LogP contribution in [0.1, 0.15) is 49.3 Å². The van der Waals surface area contributed by atoms with Gasteiger partial charge in [-0.3, -0.25) is 19.2 Å². The maximum absolute atomic E-state index is 13.6. The number of benzene rings is 1. The van der Waals surface area contributed by atoms with E-state index >= 15 is 0 Å². The first-order chi connectivity index (χ1) is 15.2. The molecule has 4 N–H and O–H groups in total. The summed E-state index contributed by atoms with van der Waals surface area (Å²) in [6.45, 7) is 1.86. The first kappa shape index (κ1) is 20.4. The van der Waals surface area contributed by atoms with Gasteiger partial charge in [-0.2, -0.15) is 0 Å². The number of rotatable bonds is 5. The minimum absolute atomic E-state index is 0.194. The Balaban J connectivity index is 1.48. The van der Waals surface area contributed by atoms with Crippen molar-refractivity contribution >= 4 is 35.1 Å². The summed E-state index contributed by atoms with van der Waals surface area (Å²) in [6, 6.07) is 3.70. The van der Waals surface area contributed by atoms with Crippen molar-refractivity contribution in [2.24, 2.45) is 17.6 Å². The fourth-order valence-corrected chi connectivity index (χ4v) is 5.31. The maximum Gasteiger partial charge on any atom is 0.326 e. The van der Waals surface area contributed by atoms with E-state index in [9.17, 15) is 24.0 Å². The topological polar surface area (TPSA) is 139 Å². The van der Waals surface area contributed by atoms with Gasteiger partial charge in [-0.15, -0.1) is 0 Å². The van der Waals surface area contributed by atoms with Crippen LogP contribution >= 0.6 is 0 Å². The van der Waals surface area contributed by atoms with Crippen LogP contribution in [0, 0.1) is 11.8 Å². The van der Waals surface area contributed by atoms with Gasteiger partial charge in [0.1, 0.15) is 11.6 Å². The second-order valence-electron chi connectivity index (χ2n) is 9.15. The molecule has 2 fully saturated rings. The lowest BCUT2D eigenvalue weighted by atomic mass is 9.88. The average molecular weight is 436 g/mol. The lowest BCUT2D eigenvalue weighted by Crippen LogP contribution is -2.53. The number of carbonyl (C=O) groups is 5. The molecule has 0 aromatic heterocycles. The van der Waals surface area contributed by atoms with Crippen molar-refractivity contribution in [3.8, 4) is 0 Å². The number of imide groups is 1. The predicted molar refractivity (Wildman–Crippen MR) is 112 cm³/mol. The highest BCUT2D eigenvalue weighted by Gasteiger charge is 2.59. The second kappa shape index (κ2) is 7.01. The number of allylic oxidation sites excluding steroid dienone is 1. The van der Waals surface area contributed by atoms with Crippen molar-refractivity contribution in [1.29, 1.82) is 0 Å². The number of aryl methyl sites for hydroxylation is 1. The number of primary amides is 1. The number of nitrogens with one attached hydrogen (secondary N) is 2. The summed E-state index contributed by atoms with van der Waals surface area (Å²) in [5, 5.41) is 5.40. The summed E-state index contributed by atoms with van der Waals surface area (Å²) >= 11 is 0. The minimum atomic E-state index is -1.24. The number of nitrogens with two attached hydrogens (primary N) is 1. The van der Waals surface area contributed by atoms with Crippen LogP contribution in [-0.4, -0.2) is 40.5 Å². The van der Waals surface area contributed by atoms with Gasteiger partial charge in [0, 0.05) is 11.8 Å². The van der Waals surface area contributed by atoms with Crippen LogP contribution < -0.4 is 16.4 Å². The molecule has 2 aliphatic heterocycles. The smallest absolute Gasteiger partial charge is 0.326 e. The highest BCUT2D eigenvalue weighted by molar-refractivity contribution is 6.27. The van der Waals surface area contributed by atoms with Gasteiger partial charge in [0.2, 0.25) is 11.8 Å². The zero-order valence-corrected chi connectivity index (χ0v) is 17.6. The van der Waals surface area contributed by atoms with Crippen molar-refractivity contribution in [1.82, 2.24) is 15.5 Å². The highest BCUT2D eigenvalue weighted by Crippen LogP contribution is 2.45. The van der Waals surface area contributed by atoms with E-state index in [0.717, 1.165) is 23.3 Å². The Hall–Kier alpha value is -3.49. The summed E-state index contributed by atoms with van der Waals surface area (Å²) in [7, 11) is 0. The van der Waals surface area contributed by atoms with Crippen molar-refractivity contribution in [3.63, 3.8) is 0 Å². The zero-order chi connectivity index (χ0) is 22.8. The molecule has 1 saturated heterocycles. The Morgan fingerprint density at radius 3 is 2.62 bits per heavy atom. The zero-order valence-electron chi connectivity index (χ0n) is 17.6. The number of urea groups is 1. The largest absolute Gasteiger partial charge is 0.368 e. The van der Waals surface area contributed by atoms with Crippen LogP contribution in [0.25, 0.3) is 5.57 Å². The third-order valence-corrected chi connectivity index (χ3v) is 7.20. The van der Waals surface area contributed by atoms with Crippen molar-refractivity contribution in [2.75, 3.05) is 0 Å². The highest BCUT2D eigenvalue weighted by atomic mass is 16.2. The van der Waals surface area contributed by atoms with Crippen molar-refractivity contribution in [2.45, 2.75) is 50.6 Å². The fraction of sp³-hybridized carbons (Fsp3) is 0.435. The first-order valence-corrected chi connectivity index (χ1v) is 10.8. The summed E-state index contributed by atoms with van der Waals surface area (Å²) in [5.41, 5.74) is 6.96. The van der Waals surface area contributed by atoms with Crippen LogP contribution in [0.2, 0.25) is 0 Å². The molecule has 32 heavy (non-hydrogen) atoms. The van der Waals surface area contributed by atoms with E-state index in [1.165, 1.54) is 6.20 Å². The fourth-order valence-electron chi connectivity index (χ4n) is 5.31. The van der Waals surface area contributed by atoms with Crippen LogP contribution in [0.5, 0.6) is 0 Å². The molecular formula is C23H24N4O5. The van der Waals surface area contributed by atoms with Crippen LogP contribution in [0.4, 0.5) is 4.79 Å². The molecule has 9 nitrogen and oxygen atoms in total. The van der Waals surface area contributed by atoms with Crippen LogP contribution in [0.15, 0.2) is 24.4 Å². The Morgan fingerprint density at radius 1 is 1.22 bits per heavy atom. The SMILES string of the molecule is C[C@@H](C1CC1)C(C(N)=O)N1C(=O)NC2(CCc3cc(C4=CNC(=O)CC4=O)ccc32)C1=O. The van der Waals surface area contributed by atoms with E-state index in [-0.39, 0.29) is 29.9 Å². The lowest BCUT2D eigenvalue weighted by molar-refractivity contribution is -0.139. The van der Waals surface area contributed by atoms with E-state index in [2.05, 4.69) is 10.6 Å². The maximum atomic E-state index is 13.6. The van der Waals surface area contributed by atoms with Gasteiger partial charge in [-0.05, 0) is 54.2 Å². The van der Waals surface area contributed by atoms with Crippen molar-refractivity contribution in [3.05, 3.63) is 41.1 Å². The average Bonchev–Trinajstić information content (AvgIpc) is 3.49. The van der Waals surface area contributed by atoms with Gasteiger partial charge in [0.15, 0.2) is 5.78 Å². The molecule has 0 radical (unpaired) electrons. The molecule has 3 atom stereocenters. The second-order valence-corrected chi connectivity index (χ2v) is 9.15. The van der Waals surface area contributed by atoms with E-state index < -0.39 is 29.4 Å². The molecule has 5 amide bonds. The van der Waals surface area contributed by atoms with Gasteiger partial charge in [0.05, 0.1) is 6.42 Å². The van der Waals surface area contributed by atoms with Gasteiger partial charge in [-0.1, -0.05) is 25.1 Å². The van der Waals surface area contributed by atoms with Crippen LogP contribution in [-0.2, 0) is 31.1 Å². The molecule has 1 spiro atoms. The summed E-state index contributed by atoms with van der Waals surface area (Å²) in [4.78, 5) is 63.5. The molecular weight excluding hydrogens is 412 g/mol. The third kappa shape index (κ3) is 2.95. The number of amides is 5. The molecule has 2 aliphatic carbocycles. The lowest BCUT2D eigenvalue weighted by Gasteiger charge is -2.29. The predicted octanol–water partition coefficient (Wildman–Crippen LogP) is 0.710. The van der Waals surface area contributed by atoms with Gasteiger partial charge in [0.25, 0.3) is 5.91 Å². The third-order valence-electron chi connectivity index (χ3n) is 7.20. The molecule has 166 valence electrons. The number of hydrogen-bond acceptors (Lipinski definition) is 5. The Kier molecular flexibility index (Phi) is 4.47.